The highest BCUT2D eigenvalue weighted by molar-refractivity contribution is 6.08. The molecule has 0 spiro atoms. The number of hydrogen-bond acceptors (Lipinski definition) is 2. The van der Waals surface area contributed by atoms with E-state index in [4.69, 9.17) is 5.73 Å². The molecule has 2 aromatic rings. The summed E-state index contributed by atoms with van der Waals surface area (Å²) in [6.07, 6.45) is 0. The van der Waals surface area contributed by atoms with Crippen molar-refractivity contribution in [3.8, 4) is 0 Å². The van der Waals surface area contributed by atoms with E-state index in [1.807, 2.05) is 67.6 Å². The van der Waals surface area contributed by atoms with Gasteiger partial charge >= 0.3 is 0 Å². The zero-order chi connectivity index (χ0) is 12.5. The smallest absolute Gasteiger partial charge is 0.193 e. The summed E-state index contributed by atoms with van der Waals surface area (Å²) in [4.78, 5) is 11.8. The third-order valence-corrected chi connectivity index (χ3v) is 2.07. The van der Waals surface area contributed by atoms with Crippen LogP contribution >= 0.6 is 0 Å². The van der Waals surface area contributed by atoms with Crippen LogP contribution in [0, 0.1) is 0 Å². The lowest BCUT2D eigenvalue weighted by atomic mass is 10.0. The molecular weight excluding hydrogens is 210 g/mol. The van der Waals surface area contributed by atoms with E-state index >= 15 is 0 Å². The van der Waals surface area contributed by atoms with Crippen LogP contribution in [-0.2, 0) is 0 Å². The van der Waals surface area contributed by atoms with Crippen LogP contribution in [0.25, 0.3) is 0 Å². The average molecular weight is 227 g/mol. The van der Waals surface area contributed by atoms with Crippen LogP contribution in [0.1, 0.15) is 22.8 Å². The predicted molar refractivity (Wildman–Crippen MR) is 71.0 cm³/mol. The fourth-order valence-electron chi connectivity index (χ4n) is 1.35. The van der Waals surface area contributed by atoms with Crippen molar-refractivity contribution in [1.29, 1.82) is 0 Å². The molecule has 2 aromatic carbocycles. The van der Waals surface area contributed by atoms with Gasteiger partial charge in [-0.05, 0) is 6.54 Å². The summed E-state index contributed by atoms with van der Waals surface area (Å²) >= 11 is 0. The van der Waals surface area contributed by atoms with Crippen molar-refractivity contribution >= 4 is 5.78 Å². The van der Waals surface area contributed by atoms with Gasteiger partial charge in [0.1, 0.15) is 0 Å². The summed E-state index contributed by atoms with van der Waals surface area (Å²) in [6.45, 7) is 2.65. The summed E-state index contributed by atoms with van der Waals surface area (Å²) in [5.41, 5.74) is 6.32. The van der Waals surface area contributed by atoms with Crippen LogP contribution in [-0.4, -0.2) is 12.3 Å². The Morgan fingerprint density at radius 2 is 1.18 bits per heavy atom. The average Bonchev–Trinajstić information content (AvgIpc) is 2.41. The number of benzene rings is 2. The molecule has 2 nitrogen and oxygen atoms in total. The Labute approximate surface area is 102 Å². The highest BCUT2D eigenvalue weighted by atomic mass is 16.1. The highest BCUT2D eigenvalue weighted by Crippen LogP contribution is 2.08. The van der Waals surface area contributed by atoms with Crippen molar-refractivity contribution < 1.29 is 4.79 Å². The number of carbonyl (C=O) groups is 1. The van der Waals surface area contributed by atoms with Crippen molar-refractivity contribution in [3.63, 3.8) is 0 Å². The Bertz CT molecular complexity index is 395. The van der Waals surface area contributed by atoms with Crippen LogP contribution in [0.15, 0.2) is 60.7 Å². The maximum absolute atomic E-state index is 11.8. The van der Waals surface area contributed by atoms with E-state index in [0.717, 1.165) is 17.7 Å². The van der Waals surface area contributed by atoms with Crippen LogP contribution in [0.5, 0.6) is 0 Å². The van der Waals surface area contributed by atoms with Crippen LogP contribution in [0.4, 0.5) is 0 Å². The second-order valence-corrected chi connectivity index (χ2v) is 3.47. The van der Waals surface area contributed by atoms with Crippen LogP contribution in [0.3, 0.4) is 0 Å². The molecule has 2 N–H and O–H groups in total. The van der Waals surface area contributed by atoms with Gasteiger partial charge in [0.15, 0.2) is 5.78 Å². The number of hydrogen-bond donors (Lipinski definition) is 1. The molecule has 0 aliphatic rings. The van der Waals surface area contributed by atoms with Gasteiger partial charge in [-0.25, -0.2) is 0 Å². The van der Waals surface area contributed by atoms with Gasteiger partial charge in [0, 0.05) is 11.1 Å². The first kappa shape index (κ1) is 13.1. The number of ketones is 1. The minimum Gasteiger partial charge on any atom is -0.331 e. The fraction of sp³-hybridized carbons (Fsp3) is 0.133. The lowest BCUT2D eigenvalue weighted by molar-refractivity contribution is 0.103. The van der Waals surface area contributed by atoms with E-state index in [1.54, 1.807) is 0 Å². The third kappa shape index (κ3) is 4.21. The summed E-state index contributed by atoms with van der Waals surface area (Å²) in [6, 6.07) is 18.6. The Morgan fingerprint density at radius 1 is 0.882 bits per heavy atom. The molecule has 0 aromatic heterocycles. The molecule has 0 saturated carbocycles. The van der Waals surface area contributed by atoms with Gasteiger partial charge in [0.25, 0.3) is 0 Å². The normalized spacial score (nSPS) is 9.06. The molecule has 0 atom stereocenters. The Morgan fingerprint density at radius 3 is 1.47 bits per heavy atom. The van der Waals surface area contributed by atoms with Crippen LogP contribution < -0.4 is 5.73 Å². The van der Waals surface area contributed by atoms with E-state index in [9.17, 15) is 4.79 Å². The van der Waals surface area contributed by atoms with Gasteiger partial charge in [0.05, 0.1) is 0 Å². The summed E-state index contributed by atoms with van der Waals surface area (Å²) in [5.74, 6) is 0.0752. The van der Waals surface area contributed by atoms with Crippen molar-refractivity contribution in [2.24, 2.45) is 5.73 Å². The van der Waals surface area contributed by atoms with Crippen molar-refractivity contribution in [1.82, 2.24) is 0 Å². The van der Waals surface area contributed by atoms with E-state index in [0.29, 0.717) is 0 Å². The first-order chi connectivity index (χ1) is 8.29. The molecule has 0 heterocycles. The lowest BCUT2D eigenvalue weighted by Gasteiger charge is -1.99. The third-order valence-electron chi connectivity index (χ3n) is 2.07. The molecule has 0 aliphatic heterocycles. The van der Waals surface area contributed by atoms with Crippen LogP contribution in [0.2, 0.25) is 0 Å². The van der Waals surface area contributed by atoms with Gasteiger partial charge < -0.3 is 5.73 Å². The molecular formula is C15H17NO. The number of nitrogens with two attached hydrogens (primary N) is 1. The molecule has 2 heteroatoms. The molecule has 2 rings (SSSR count). The van der Waals surface area contributed by atoms with Gasteiger partial charge in [-0.15, -0.1) is 0 Å². The molecule has 88 valence electrons. The number of rotatable bonds is 2. The monoisotopic (exact) mass is 227 g/mol. The van der Waals surface area contributed by atoms with Gasteiger partial charge in [0.2, 0.25) is 0 Å². The minimum atomic E-state index is 0.0752. The van der Waals surface area contributed by atoms with E-state index in [1.165, 1.54) is 0 Å². The van der Waals surface area contributed by atoms with Gasteiger partial charge in [-0.2, -0.15) is 0 Å². The quantitative estimate of drug-likeness (QED) is 0.802. The molecule has 0 fully saturated rings. The molecule has 0 amide bonds. The molecule has 0 unspecified atom stereocenters. The second kappa shape index (κ2) is 7.36. The largest absolute Gasteiger partial charge is 0.331 e. The molecule has 0 saturated heterocycles. The Hall–Kier alpha value is -1.93. The summed E-state index contributed by atoms with van der Waals surface area (Å²) in [7, 11) is 0. The van der Waals surface area contributed by atoms with Crippen molar-refractivity contribution in [2.45, 2.75) is 6.92 Å². The fourth-order valence-corrected chi connectivity index (χ4v) is 1.35. The van der Waals surface area contributed by atoms with Crippen molar-refractivity contribution in [2.75, 3.05) is 6.54 Å². The topological polar surface area (TPSA) is 43.1 Å². The summed E-state index contributed by atoms with van der Waals surface area (Å²) < 4.78 is 0. The Kier molecular flexibility index (Phi) is 5.69. The number of carbonyl (C=O) groups excluding carboxylic acids is 1. The summed E-state index contributed by atoms with van der Waals surface area (Å²) in [5, 5.41) is 0. The first-order valence-corrected chi connectivity index (χ1v) is 5.64. The van der Waals surface area contributed by atoms with Gasteiger partial charge in [-0.1, -0.05) is 67.6 Å². The van der Waals surface area contributed by atoms with E-state index < -0.39 is 0 Å². The van der Waals surface area contributed by atoms with Gasteiger partial charge in [-0.3, -0.25) is 4.79 Å². The molecule has 0 bridgehead atoms. The maximum Gasteiger partial charge on any atom is 0.193 e. The van der Waals surface area contributed by atoms with Crippen molar-refractivity contribution in [3.05, 3.63) is 71.8 Å². The Balaban J connectivity index is 0.000000437. The molecule has 0 radical (unpaired) electrons. The second-order valence-electron chi connectivity index (χ2n) is 3.47. The highest BCUT2D eigenvalue weighted by Gasteiger charge is 2.06. The predicted octanol–water partition coefficient (Wildman–Crippen LogP) is 2.88. The molecule has 17 heavy (non-hydrogen) atoms. The minimum absolute atomic E-state index is 0.0752. The standard InChI is InChI=1S/C13H10O.C2H7N/c14-13(11-7-3-1-4-8-11)12-9-5-2-6-10-12;1-2-3/h1-10H;2-3H2,1H3. The first-order valence-electron chi connectivity index (χ1n) is 5.64. The lowest BCUT2D eigenvalue weighted by Crippen LogP contribution is -1.99. The van der Waals surface area contributed by atoms with E-state index in [-0.39, 0.29) is 5.78 Å². The molecule has 0 aliphatic carbocycles. The zero-order valence-corrected chi connectivity index (χ0v) is 9.97. The maximum atomic E-state index is 11.8. The SMILES string of the molecule is CCN.O=C(c1ccccc1)c1ccccc1. The van der Waals surface area contributed by atoms with E-state index in [2.05, 4.69) is 0 Å². The zero-order valence-electron chi connectivity index (χ0n) is 9.97.